The lowest BCUT2D eigenvalue weighted by Crippen LogP contribution is -2.25. The number of nitrogens with zero attached hydrogens (tertiary/aromatic N) is 4. The van der Waals surface area contributed by atoms with Crippen LogP contribution in [-0.2, 0) is 29.1 Å². The van der Waals surface area contributed by atoms with Crippen LogP contribution in [0.25, 0.3) is 5.95 Å². The molecule has 2 aromatic heterocycles. The molecule has 164 valence electrons. The molecular weight excluding hydrogens is 390 g/mol. The fourth-order valence-corrected chi connectivity index (χ4v) is 3.44. The van der Waals surface area contributed by atoms with Crippen LogP contribution in [0.4, 0.5) is 0 Å². The Morgan fingerprint density at radius 2 is 1.74 bits per heavy atom. The molecule has 1 N–H and O–H groups in total. The van der Waals surface area contributed by atoms with E-state index in [9.17, 15) is 4.79 Å². The van der Waals surface area contributed by atoms with Crippen molar-refractivity contribution >= 4 is 5.91 Å². The van der Waals surface area contributed by atoms with Gasteiger partial charge in [0, 0.05) is 29.2 Å². The molecule has 3 aromatic rings. The molecule has 2 heterocycles. The fourth-order valence-electron chi connectivity index (χ4n) is 3.44. The Kier molecular flexibility index (Phi) is 7.17. The van der Waals surface area contributed by atoms with Gasteiger partial charge in [-0.05, 0) is 58.7 Å². The number of carbonyl (C=O) groups is 1. The molecule has 0 bridgehead atoms. The van der Waals surface area contributed by atoms with Gasteiger partial charge in [0.15, 0.2) is 0 Å². The van der Waals surface area contributed by atoms with E-state index in [4.69, 9.17) is 4.74 Å². The van der Waals surface area contributed by atoms with Crippen LogP contribution >= 0.6 is 0 Å². The second-order valence-electron chi connectivity index (χ2n) is 8.15. The van der Waals surface area contributed by atoms with E-state index in [0.29, 0.717) is 19.1 Å². The highest BCUT2D eigenvalue weighted by Gasteiger charge is 2.17. The van der Waals surface area contributed by atoms with Gasteiger partial charge in [-0.1, -0.05) is 24.3 Å². The van der Waals surface area contributed by atoms with E-state index in [1.165, 1.54) is 0 Å². The molecule has 3 rings (SSSR count). The third-order valence-corrected chi connectivity index (χ3v) is 5.00. The lowest BCUT2D eigenvalue weighted by molar-refractivity contribution is -0.120. The summed E-state index contributed by atoms with van der Waals surface area (Å²) in [6.45, 7) is 12.8. The highest BCUT2D eigenvalue weighted by atomic mass is 16.5. The van der Waals surface area contributed by atoms with Crippen LogP contribution in [0.1, 0.15) is 53.3 Å². The normalized spacial score (nSPS) is 11.2. The SMILES string of the molecule is Cc1cc(C)nc(-n2nc(C)c(CC(=O)NCc3cccc(COC(C)C)c3)c2C)n1. The van der Waals surface area contributed by atoms with Crippen molar-refractivity contribution < 1.29 is 9.53 Å². The highest BCUT2D eigenvalue weighted by molar-refractivity contribution is 5.79. The van der Waals surface area contributed by atoms with Crippen LogP contribution in [0, 0.1) is 27.7 Å². The minimum atomic E-state index is -0.0454. The van der Waals surface area contributed by atoms with Crippen molar-refractivity contribution in [1.82, 2.24) is 25.1 Å². The average molecular weight is 422 g/mol. The Balaban J connectivity index is 1.66. The van der Waals surface area contributed by atoms with Gasteiger partial charge in [-0.15, -0.1) is 0 Å². The summed E-state index contributed by atoms with van der Waals surface area (Å²) in [6.07, 6.45) is 0.448. The second-order valence-corrected chi connectivity index (χ2v) is 8.15. The monoisotopic (exact) mass is 421 g/mol. The first-order chi connectivity index (χ1) is 14.7. The van der Waals surface area contributed by atoms with Gasteiger partial charge in [-0.25, -0.2) is 14.6 Å². The number of aryl methyl sites for hydroxylation is 3. The van der Waals surface area contributed by atoms with E-state index < -0.39 is 0 Å². The summed E-state index contributed by atoms with van der Waals surface area (Å²) in [5, 5.41) is 7.59. The molecule has 31 heavy (non-hydrogen) atoms. The highest BCUT2D eigenvalue weighted by Crippen LogP contribution is 2.17. The zero-order chi connectivity index (χ0) is 22.5. The zero-order valence-electron chi connectivity index (χ0n) is 19.2. The van der Waals surface area contributed by atoms with Crippen LogP contribution in [0.5, 0.6) is 0 Å². The second kappa shape index (κ2) is 9.83. The van der Waals surface area contributed by atoms with Gasteiger partial charge in [0.2, 0.25) is 5.91 Å². The predicted molar refractivity (Wildman–Crippen MR) is 120 cm³/mol. The summed E-state index contributed by atoms with van der Waals surface area (Å²) in [7, 11) is 0. The molecule has 0 saturated carbocycles. The van der Waals surface area contributed by atoms with Crippen LogP contribution in [0.3, 0.4) is 0 Å². The molecular formula is C24H31N5O2. The summed E-state index contributed by atoms with van der Waals surface area (Å²) < 4.78 is 7.38. The molecule has 7 nitrogen and oxygen atoms in total. The molecule has 0 unspecified atom stereocenters. The summed E-state index contributed by atoms with van der Waals surface area (Å²) >= 11 is 0. The first-order valence-electron chi connectivity index (χ1n) is 10.6. The summed E-state index contributed by atoms with van der Waals surface area (Å²) in [6, 6.07) is 10.0. The predicted octanol–water partition coefficient (Wildman–Crippen LogP) is 3.68. The van der Waals surface area contributed by atoms with Crippen molar-refractivity contribution in [2.75, 3.05) is 0 Å². The quantitative estimate of drug-likeness (QED) is 0.600. The lowest BCUT2D eigenvalue weighted by Gasteiger charge is -2.10. The maximum absolute atomic E-state index is 12.6. The van der Waals surface area contributed by atoms with Gasteiger partial charge in [0.1, 0.15) is 0 Å². The smallest absolute Gasteiger partial charge is 0.251 e. The number of amides is 1. The van der Waals surface area contributed by atoms with Gasteiger partial charge < -0.3 is 10.1 Å². The molecule has 0 radical (unpaired) electrons. The fraction of sp³-hybridized carbons (Fsp3) is 0.417. The Bertz CT molecular complexity index is 1050. The average Bonchev–Trinajstić information content (AvgIpc) is 2.98. The first-order valence-corrected chi connectivity index (χ1v) is 10.6. The van der Waals surface area contributed by atoms with Crippen LogP contribution in [0.2, 0.25) is 0 Å². The van der Waals surface area contributed by atoms with E-state index in [2.05, 4.69) is 26.4 Å². The molecule has 0 aliphatic carbocycles. The molecule has 0 aliphatic heterocycles. The number of aromatic nitrogens is 4. The van der Waals surface area contributed by atoms with Gasteiger partial charge >= 0.3 is 0 Å². The molecule has 0 atom stereocenters. The Labute approximate surface area is 183 Å². The van der Waals surface area contributed by atoms with Crippen molar-refractivity contribution in [3.63, 3.8) is 0 Å². The minimum Gasteiger partial charge on any atom is -0.374 e. The van der Waals surface area contributed by atoms with E-state index >= 15 is 0 Å². The largest absolute Gasteiger partial charge is 0.374 e. The number of hydrogen-bond donors (Lipinski definition) is 1. The maximum atomic E-state index is 12.6. The van der Waals surface area contributed by atoms with Crippen molar-refractivity contribution in [2.45, 2.75) is 67.2 Å². The summed E-state index contributed by atoms with van der Waals surface area (Å²) in [4.78, 5) is 21.6. The number of rotatable bonds is 8. The third-order valence-electron chi connectivity index (χ3n) is 5.00. The lowest BCUT2D eigenvalue weighted by atomic mass is 10.1. The van der Waals surface area contributed by atoms with E-state index in [-0.39, 0.29) is 18.4 Å². The number of ether oxygens (including phenoxy) is 1. The van der Waals surface area contributed by atoms with Crippen LogP contribution < -0.4 is 5.32 Å². The Morgan fingerprint density at radius 3 is 2.42 bits per heavy atom. The Hall–Kier alpha value is -3.06. The van der Waals surface area contributed by atoms with Crippen molar-refractivity contribution in [2.24, 2.45) is 0 Å². The molecule has 1 aromatic carbocycles. The standard InChI is InChI=1S/C24H31N5O2/c1-15(2)31-14-21-9-7-8-20(11-21)13-25-23(30)12-22-18(5)28-29(19(22)6)24-26-16(3)10-17(4)27-24/h7-11,15H,12-14H2,1-6H3,(H,25,30). The molecule has 0 aliphatic rings. The van der Waals surface area contributed by atoms with Gasteiger partial charge in [0.05, 0.1) is 24.8 Å². The van der Waals surface area contributed by atoms with E-state index in [1.807, 2.05) is 65.8 Å². The van der Waals surface area contributed by atoms with E-state index in [0.717, 1.165) is 39.5 Å². The topological polar surface area (TPSA) is 81.9 Å². The molecule has 1 amide bonds. The summed E-state index contributed by atoms with van der Waals surface area (Å²) in [5.74, 6) is 0.487. The number of carbonyl (C=O) groups excluding carboxylic acids is 1. The summed E-state index contributed by atoms with van der Waals surface area (Å²) in [5.41, 5.74) is 6.51. The zero-order valence-corrected chi connectivity index (χ0v) is 19.2. The van der Waals surface area contributed by atoms with Crippen molar-refractivity contribution in [1.29, 1.82) is 0 Å². The molecule has 0 spiro atoms. The number of hydrogen-bond acceptors (Lipinski definition) is 5. The molecule has 0 fully saturated rings. The molecule has 0 saturated heterocycles. The van der Waals surface area contributed by atoms with Gasteiger partial charge in [0.25, 0.3) is 5.95 Å². The van der Waals surface area contributed by atoms with E-state index in [1.54, 1.807) is 4.68 Å². The van der Waals surface area contributed by atoms with Crippen molar-refractivity contribution in [3.8, 4) is 5.95 Å². The van der Waals surface area contributed by atoms with Crippen molar-refractivity contribution in [3.05, 3.63) is 69.8 Å². The number of benzene rings is 1. The third kappa shape index (κ3) is 5.98. The molecule has 7 heteroatoms. The van der Waals surface area contributed by atoms with Crippen LogP contribution in [-0.4, -0.2) is 31.8 Å². The number of nitrogens with one attached hydrogen (secondary N) is 1. The van der Waals surface area contributed by atoms with Gasteiger partial charge in [-0.2, -0.15) is 5.10 Å². The minimum absolute atomic E-state index is 0.0454. The van der Waals surface area contributed by atoms with Gasteiger partial charge in [-0.3, -0.25) is 4.79 Å². The maximum Gasteiger partial charge on any atom is 0.251 e. The first kappa shape index (κ1) is 22.6. The van der Waals surface area contributed by atoms with Crippen LogP contribution in [0.15, 0.2) is 30.3 Å². The Morgan fingerprint density at radius 1 is 1.06 bits per heavy atom.